The van der Waals surface area contributed by atoms with Gasteiger partial charge >= 0.3 is 0 Å². The first-order valence-electron chi connectivity index (χ1n) is 6.49. The van der Waals surface area contributed by atoms with Crippen LogP contribution in [-0.2, 0) is 4.52 Å². The Kier molecular flexibility index (Phi) is 8.91. The fourth-order valence-electron chi connectivity index (χ4n) is 1.52. The van der Waals surface area contributed by atoms with Gasteiger partial charge in [-0.1, -0.05) is 74.0 Å². The van der Waals surface area contributed by atoms with E-state index in [9.17, 15) is 0 Å². The van der Waals surface area contributed by atoms with Gasteiger partial charge in [-0.3, -0.25) is 0 Å². The third-order valence-electron chi connectivity index (χ3n) is 2.55. The summed E-state index contributed by atoms with van der Waals surface area (Å²) in [6, 6.07) is 20.8. The zero-order valence-corrected chi connectivity index (χ0v) is 12.3. The van der Waals surface area contributed by atoms with E-state index >= 15 is 0 Å². The molecule has 2 aromatic rings. The van der Waals surface area contributed by atoms with Gasteiger partial charge in [-0.15, -0.1) is 0 Å². The molecule has 0 radical (unpaired) electrons. The molecule has 0 spiro atoms. The lowest BCUT2D eigenvalue weighted by molar-refractivity contribution is 0.318. The van der Waals surface area contributed by atoms with Crippen LogP contribution in [-0.4, -0.2) is 11.5 Å². The Hall–Kier alpha value is -1.21. The summed E-state index contributed by atoms with van der Waals surface area (Å²) in [6.07, 6.45) is 2.18. The Morgan fingerprint density at radius 3 is 1.74 bits per heavy atom. The fourth-order valence-corrected chi connectivity index (χ4v) is 1.76. The number of unbranched alkanes of at least 4 members (excludes halogenated alkanes) is 1. The quantitative estimate of drug-likeness (QED) is 0.636. The molecule has 1 N–H and O–H groups in total. The van der Waals surface area contributed by atoms with Crippen LogP contribution in [0.2, 0.25) is 0 Å². The Bertz CT molecular complexity index is 376. The molecule has 0 fully saturated rings. The molecule has 0 heterocycles. The molecule has 0 aliphatic heterocycles. The molecule has 102 valence electrons. The van der Waals surface area contributed by atoms with Crippen LogP contribution in [0.3, 0.4) is 0 Å². The van der Waals surface area contributed by atoms with Crippen LogP contribution in [0.4, 0.5) is 0 Å². The van der Waals surface area contributed by atoms with E-state index in [4.69, 9.17) is 4.89 Å². The van der Waals surface area contributed by atoms with Crippen molar-refractivity contribution >= 4 is 9.03 Å². The molecule has 0 aromatic heterocycles. The normalized spacial score (nSPS) is 10.2. The summed E-state index contributed by atoms with van der Waals surface area (Å²) in [4.78, 5) is 8.10. The maximum Gasteiger partial charge on any atom is 0.152 e. The number of hydrogen-bond donors (Lipinski definition) is 1. The maximum atomic E-state index is 8.10. The van der Waals surface area contributed by atoms with Crippen LogP contribution in [0.1, 0.15) is 19.8 Å². The second kappa shape index (κ2) is 10.7. The number of benzene rings is 2. The average molecular weight is 276 g/mol. The van der Waals surface area contributed by atoms with Gasteiger partial charge in [-0.05, 0) is 17.5 Å². The van der Waals surface area contributed by atoms with Gasteiger partial charge in [-0.2, -0.15) is 0 Å². The highest BCUT2D eigenvalue weighted by molar-refractivity contribution is 7.24. The molecule has 0 amide bonds. The molecule has 1 unspecified atom stereocenters. The van der Waals surface area contributed by atoms with E-state index in [2.05, 4.69) is 60.0 Å². The molecule has 2 aromatic carbocycles. The minimum Gasteiger partial charge on any atom is -0.352 e. The molecule has 19 heavy (non-hydrogen) atoms. The van der Waals surface area contributed by atoms with Gasteiger partial charge < -0.3 is 9.42 Å². The van der Waals surface area contributed by atoms with E-state index < -0.39 is 0 Å². The molecule has 0 saturated carbocycles. The summed E-state index contributed by atoms with van der Waals surface area (Å²) in [5, 5.41) is 0. The topological polar surface area (TPSA) is 29.5 Å². The van der Waals surface area contributed by atoms with E-state index in [1.807, 2.05) is 12.1 Å². The lowest BCUT2D eigenvalue weighted by Crippen LogP contribution is -1.81. The first kappa shape index (κ1) is 15.8. The van der Waals surface area contributed by atoms with Crippen molar-refractivity contribution < 1.29 is 9.42 Å². The fraction of sp³-hybridized carbons (Fsp3) is 0.250. The second-order valence-corrected chi connectivity index (χ2v) is 4.50. The van der Waals surface area contributed by atoms with E-state index in [0.717, 1.165) is 12.8 Å². The largest absolute Gasteiger partial charge is 0.352 e. The lowest BCUT2D eigenvalue weighted by Gasteiger charge is -1.98. The third-order valence-corrected chi connectivity index (χ3v) is 2.88. The minimum absolute atomic E-state index is 0.332. The average Bonchev–Trinajstić information content (AvgIpc) is 2.50. The van der Waals surface area contributed by atoms with Crippen LogP contribution in [0.5, 0.6) is 0 Å². The molecule has 0 saturated heterocycles. The smallest absolute Gasteiger partial charge is 0.152 e. The Morgan fingerprint density at radius 1 is 0.895 bits per heavy atom. The van der Waals surface area contributed by atoms with Gasteiger partial charge in [0.25, 0.3) is 0 Å². The lowest BCUT2D eigenvalue weighted by atomic mass is 10.1. The Morgan fingerprint density at radius 2 is 1.37 bits per heavy atom. The predicted molar refractivity (Wildman–Crippen MR) is 83.3 cm³/mol. The van der Waals surface area contributed by atoms with Crippen LogP contribution in [0.25, 0.3) is 11.1 Å². The molecule has 0 aliphatic carbocycles. The van der Waals surface area contributed by atoms with E-state index in [0.29, 0.717) is 6.61 Å². The first-order valence-corrected chi connectivity index (χ1v) is 7.35. The Labute approximate surface area is 117 Å². The van der Waals surface area contributed by atoms with Crippen molar-refractivity contribution in [1.29, 1.82) is 0 Å². The minimum atomic E-state index is -0.332. The van der Waals surface area contributed by atoms with Crippen molar-refractivity contribution in [1.82, 2.24) is 0 Å². The summed E-state index contributed by atoms with van der Waals surface area (Å²) in [6.45, 7) is 2.79. The monoisotopic (exact) mass is 276 g/mol. The molecule has 3 heteroatoms. The predicted octanol–water partition coefficient (Wildman–Crippen LogP) is 4.66. The first-order chi connectivity index (χ1) is 9.38. The highest BCUT2D eigenvalue weighted by Gasteiger charge is 1.91. The third kappa shape index (κ3) is 7.07. The van der Waals surface area contributed by atoms with Crippen molar-refractivity contribution in [3.8, 4) is 11.1 Å². The van der Waals surface area contributed by atoms with Gasteiger partial charge in [0.1, 0.15) is 0 Å². The SMILES string of the molecule is CCCCOPO.c1ccc(-c2ccccc2)cc1. The summed E-state index contributed by atoms with van der Waals surface area (Å²) < 4.78 is 4.66. The maximum absolute atomic E-state index is 8.10. The number of rotatable bonds is 5. The van der Waals surface area contributed by atoms with E-state index in [1.54, 1.807) is 0 Å². The molecule has 2 rings (SSSR count). The highest BCUT2D eigenvalue weighted by Crippen LogP contribution is 2.17. The molecule has 1 atom stereocenters. The highest BCUT2D eigenvalue weighted by atomic mass is 31.1. The molecule has 0 aliphatic rings. The van der Waals surface area contributed by atoms with E-state index in [-0.39, 0.29) is 9.03 Å². The second-order valence-electron chi connectivity index (χ2n) is 4.03. The summed E-state index contributed by atoms with van der Waals surface area (Å²) in [7, 11) is -0.332. The van der Waals surface area contributed by atoms with Gasteiger partial charge in [0.15, 0.2) is 9.03 Å². The number of hydrogen-bond acceptors (Lipinski definition) is 2. The van der Waals surface area contributed by atoms with Crippen LogP contribution >= 0.6 is 9.03 Å². The summed E-state index contributed by atoms with van der Waals surface area (Å²) in [5.41, 5.74) is 2.55. The molecular formula is C16H21O2P. The van der Waals surface area contributed by atoms with Crippen LogP contribution in [0, 0.1) is 0 Å². The van der Waals surface area contributed by atoms with E-state index in [1.165, 1.54) is 11.1 Å². The zero-order valence-electron chi connectivity index (χ0n) is 11.3. The molecule has 2 nitrogen and oxygen atoms in total. The summed E-state index contributed by atoms with van der Waals surface area (Å²) >= 11 is 0. The van der Waals surface area contributed by atoms with Crippen LogP contribution in [0.15, 0.2) is 60.7 Å². The van der Waals surface area contributed by atoms with Gasteiger partial charge in [0.2, 0.25) is 0 Å². The van der Waals surface area contributed by atoms with Gasteiger partial charge in [0, 0.05) is 0 Å². The van der Waals surface area contributed by atoms with Crippen molar-refractivity contribution in [2.75, 3.05) is 6.61 Å². The van der Waals surface area contributed by atoms with Crippen molar-refractivity contribution in [2.45, 2.75) is 19.8 Å². The molecule has 0 bridgehead atoms. The van der Waals surface area contributed by atoms with Crippen LogP contribution < -0.4 is 0 Å². The van der Waals surface area contributed by atoms with Crippen molar-refractivity contribution in [2.24, 2.45) is 0 Å². The van der Waals surface area contributed by atoms with Crippen molar-refractivity contribution in [3.05, 3.63) is 60.7 Å². The van der Waals surface area contributed by atoms with Gasteiger partial charge in [0.05, 0.1) is 6.61 Å². The van der Waals surface area contributed by atoms with Gasteiger partial charge in [-0.25, -0.2) is 0 Å². The standard InChI is InChI=1S/C12H10.C4H11O2P/c1-3-7-11(8-4-1)12-9-5-2-6-10-12;1-2-3-4-6-7-5/h1-10H;5,7H,2-4H2,1H3. The summed E-state index contributed by atoms with van der Waals surface area (Å²) in [5.74, 6) is 0. The van der Waals surface area contributed by atoms with Crippen molar-refractivity contribution in [3.63, 3.8) is 0 Å². The zero-order chi connectivity index (χ0) is 13.8. The Balaban J connectivity index is 0.000000224. The molecular weight excluding hydrogens is 255 g/mol.